The van der Waals surface area contributed by atoms with Gasteiger partial charge in [-0.1, -0.05) is 26.2 Å². The molecule has 2 N–H and O–H groups in total. The summed E-state index contributed by atoms with van der Waals surface area (Å²) < 4.78 is 0. The molecule has 0 heterocycles. The minimum atomic E-state index is 0.148. The fourth-order valence-electron chi connectivity index (χ4n) is 2.92. The van der Waals surface area contributed by atoms with Crippen LogP contribution in [0.15, 0.2) is 0 Å². The first kappa shape index (κ1) is 12.0. The zero-order chi connectivity index (χ0) is 10.4. The van der Waals surface area contributed by atoms with Crippen molar-refractivity contribution < 1.29 is 5.11 Å². The van der Waals surface area contributed by atoms with Crippen LogP contribution in [0.2, 0.25) is 0 Å². The average Bonchev–Trinajstić information content (AvgIpc) is 2.27. The number of hydrogen-bond acceptors (Lipinski definition) is 2. The topological polar surface area (TPSA) is 32.3 Å². The Hall–Kier alpha value is -0.0800. The number of hydrogen-bond donors (Lipinski definition) is 2. The zero-order valence-corrected chi connectivity index (χ0v) is 9.68. The summed E-state index contributed by atoms with van der Waals surface area (Å²) in [6.45, 7) is 3.52. The van der Waals surface area contributed by atoms with Crippen LogP contribution < -0.4 is 5.32 Å². The van der Waals surface area contributed by atoms with E-state index in [0.29, 0.717) is 6.61 Å². The molecule has 2 nitrogen and oxygen atoms in total. The maximum absolute atomic E-state index is 9.62. The van der Waals surface area contributed by atoms with Gasteiger partial charge in [-0.2, -0.15) is 0 Å². The summed E-state index contributed by atoms with van der Waals surface area (Å²) in [6.07, 6.45) is 7.83. The van der Waals surface area contributed by atoms with Gasteiger partial charge in [0.1, 0.15) is 0 Å². The summed E-state index contributed by atoms with van der Waals surface area (Å²) in [5.41, 5.74) is 0.148. The van der Waals surface area contributed by atoms with Gasteiger partial charge in [-0.15, -0.1) is 0 Å². The highest BCUT2D eigenvalue weighted by Crippen LogP contribution is 2.40. The number of aliphatic hydroxyl groups is 1. The van der Waals surface area contributed by atoms with Crippen molar-refractivity contribution in [3.63, 3.8) is 0 Å². The van der Waals surface area contributed by atoms with Gasteiger partial charge in [0.15, 0.2) is 0 Å². The van der Waals surface area contributed by atoms with E-state index in [1.165, 1.54) is 32.1 Å². The third-order valence-electron chi connectivity index (χ3n) is 4.02. The molecule has 0 amide bonds. The second-order valence-corrected chi connectivity index (χ2v) is 4.74. The molecular formula is C12H25NO. The van der Waals surface area contributed by atoms with Gasteiger partial charge in [-0.3, -0.25) is 0 Å². The van der Waals surface area contributed by atoms with Crippen LogP contribution in [0.5, 0.6) is 0 Å². The SMILES string of the molecule is CCC(CO)(CNC)C1CCCCC1. The quantitative estimate of drug-likeness (QED) is 0.711. The van der Waals surface area contributed by atoms with E-state index >= 15 is 0 Å². The van der Waals surface area contributed by atoms with Crippen molar-refractivity contribution in [1.29, 1.82) is 0 Å². The van der Waals surface area contributed by atoms with Gasteiger partial charge in [0.2, 0.25) is 0 Å². The van der Waals surface area contributed by atoms with E-state index < -0.39 is 0 Å². The van der Waals surface area contributed by atoms with Crippen molar-refractivity contribution in [2.24, 2.45) is 11.3 Å². The number of rotatable bonds is 5. The van der Waals surface area contributed by atoms with Crippen LogP contribution in [0.3, 0.4) is 0 Å². The normalized spacial score (nSPS) is 23.4. The van der Waals surface area contributed by atoms with Gasteiger partial charge in [0.25, 0.3) is 0 Å². The summed E-state index contributed by atoms with van der Waals surface area (Å²) in [5.74, 6) is 0.735. The van der Waals surface area contributed by atoms with Crippen molar-refractivity contribution in [2.75, 3.05) is 20.2 Å². The monoisotopic (exact) mass is 199 g/mol. The van der Waals surface area contributed by atoms with Crippen LogP contribution in [0.4, 0.5) is 0 Å². The summed E-state index contributed by atoms with van der Waals surface area (Å²) in [5, 5.41) is 12.9. The van der Waals surface area contributed by atoms with Crippen molar-refractivity contribution in [1.82, 2.24) is 5.32 Å². The number of nitrogens with one attached hydrogen (secondary N) is 1. The van der Waals surface area contributed by atoms with Gasteiger partial charge in [-0.25, -0.2) is 0 Å². The molecule has 0 bridgehead atoms. The maximum atomic E-state index is 9.62. The Morgan fingerprint density at radius 1 is 1.29 bits per heavy atom. The Labute approximate surface area is 88.1 Å². The molecule has 14 heavy (non-hydrogen) atoms. The third kappa shape index (κ3) is 2.48. The van der Waals surface area contributed by atoms with Gasteiger partial charge in [0, 0.05) is 12.0 Å². The Morgan fingerprint density at radius 3 is 2.36 bits per heavy atom. The molecule has 2 heteroatoms. The Bertz CT molecular complexity index is 148. The molecule has 0 aliphatic heterocycles. The molecule has 0 aromatic rings. The second-order valence-electron chi connectivity index (χ2n) is 4.74. The van der Waals surface area contributed by atoms with Crippen LogP contribution in [-0.4, -0.2) is 25.3 Å². The van der Waals surface area contributed by atoms with Crippen molar-refractivity contribution in [3.8, 4) is 0 Å². The molecule has 1 fully saturated rings. The molecule has 1 aliphatic rings. The van der Waals surface area contributed by atoms with E-state index in [2.05, 4.69) is 12.2 Å². The molecule has 0 aromatic carbocycles. The molecule has 0 spiro atoms. The fourth-order valence-corrected chi connectivity index (χ4v) is 2.92. The Morgan fingerprint density at radius 2 is 1.93 bits per heavy atom. The Kier molecular flexibility index (Phi) is 4.90. The summed E-state index contributed by atoms with van der Waals surface area (Å²) in [7, 11) is 1.99. The third-order valence-corrected chi connectivity index (χ3v) is 4.02. The van der Waals surface area contributed by atoms with Crippen LogP contribution >= 0.6 is 0 Å². The van der Waals surface area contributed by atoms with Crippen molar-refractivity contribution >= 4 is 0 Å². The molecule has 1 saturated carbocycles. The highest BCUT2D eigenvalue weighted by molar-refractivity contribution is 4.88. The molecule has 84 valence electrons. The largest absolute Gasteiger partial charge is 0.396 e. The first-order valence-corrected chi connectivity index (χ1v) is 6.04. The number of aliphatic hydroxyl groups excluding tert-OH is 1. The lowest BCUT2D eigenvalue weighted by Gasteiger charge is -2.41. The molecule has 0 aromatic heterocycles. The lowest BCUT2D eigenvalue weighted by atomic mass is 9.67. The molecule has 1 atom stereocenters. The van der Waals surface area contributed by atoms with Gasteiger partial charge in [0.05, 0.1) is 6.61 Å². The highest BCUT2D eigenvalue weighted by atomic mass is 16.3. The van der Waals surface area contributed by atoms with Crippen molar-refractivity contribution in [2.45, 2.75) is 45.4 Å². The maximum Gasteiger partial charge on any atom is 0.0502 e. The van der Waals surface area contributed by atoms with E-state index in [9.17, 15) is 5.11 Å². The first-order valence-electron chi connectivity index (χ1n) is 6.04. The minimum absolute atomic E-state index is 0.148. The molecule has 0 radical (unpaired) electrons. The summed E-state index contributed by atoms with van der Waals surface area (Å²) in [6, 6.07) is 0. The van der Waals surface area contributed by atoms with Gasteiger partial charge >= 0.3 is 0 Å². The summed E-state index contributed by atoms with van der Waals surface area (Å²) >= 11 is 0. The van der Waals surface area contributed by atoms with E-state index in [1.54, 1.807) is 0 Å². The molecule has 0 saturated heterocycles. The molecule has 1 unspecified atom stereocenters. The predicted molar refractivity (Wildman–Crippen MR) is 60.3 cm³/mol. The van der Waals surface area contributed by atoms with E-state index in [1.807, 2.05) is 7.05 Å². The van der Waals surface area contributed by atoms with E-state index in [0.717, 1.165) is 18.9 Å². The van der Waals surface area contributed by atoms with Crippen molar-refractivity contribution in [3.05, 3.63) is 0 Å². The molecular weight excluding hydrogens is 174 g/mol. The fraction of sp³-hybridized carbons (Fsp3) is 1.00. The van der Waals surface area contributed by atoms with E-state index in [4.69, 9.17) is 0 Å². The summed E-state index contributed by atoms with van der Waals surface area (Å²) in [4.78, 5) is 0. The molecule has 1 rings (SSSR count). The standard InChI is InChI=1S/C12H25NO/c1-3-12(10-14,9-13-2)11-7-5-4-6-8-11/h11,13-14H,3-10H2,1-2H3. The average molecular weight is 199 g/mol. The highest BCUT2D eigenvalue weighted by Gasteiger charge is 2.36. The lowest BCUT2D eigenvalue weighted by Crippen LogP contribution is -2.42. The smallest absolute Gasteiger partial charge is 0.0502 e. The lowest BCUT2D eigenvalue weighted by molar-refractivity contribution is 0.0374. The van der Waals surface area contributed by atoms with E-state index in [-0.39, 0.29) is 5.41 Å². The second kappa shape index (κ2) is 5.72. The predicted octanol–water partition coefficient (Wildman–Crippen LogP) is 2.17. The minimum Gasteiger partial charge on any atom is -0.396 e. The van der Waals surface area contributed by atoms with Gasteiger partial charge in [-0.05, 0) is 32.2 Å². The van der Waals surface area contributed by atoms with Gasteiger partial charge < -0.3 is 10.4 Å². The first-order chi connectivity index (χ1) is 6.79. The van der Waals surface area contributed by atoms with Crippen LogP contribution in [-0.2, 0) is 0 Å². The zero-order valence-electron chi connectivity index (χ0n) is 9.68. The van der Waals surface area contributed by atoms with Crippen LogP contribution in [0.1, 0.15) is 45.4 Å². The Balaban J connectivity index is 2.62. The molecule has 1 aliphatic carbocycles. The van der Waals surface area contributed by atoms with Crippen LogP contribution in [0.25, 0.3) is 0 Å². The van der Waals surface area contributed by atoms with Crippen LogP contribution in [0, 0.1) is 11.3 Å².